The fourth-order valence-electron chi connectivity index (χ4n) is 2.08. The summed E-state index contributed by atoms with van der Waals surface area (Å²) in [4.78, 5) is 10.8. The molecule has 0 saturated carbocycles. The van der Waals surface area contributed by atoms with Gasteiger partial charge in [-0.25, -0.2) is 4.79 Å². The van der Waals surface area contributed by atoms with Gasteiger partial charge in [-0.3, -0.25) is 0 Å². The molecule has 1 saturated heterocycles. The van der Waals surface area contributed by atoms with Gasteiger partial charge in [0.15, 0.2) is 17.6 Å². The Balaban J connectivity index is 2.14. The standard InChI is InChI=1S/C14H18O5S/c1-18-12-7-9(13(15)14(16)17)4-5-11(12)19-10-3-2-6-20-8-10/h4-5,7,10,13,15H,2-3,6,8H2,1H3,(H,16,17). The lowest BCUT2D eigenvalue weighted by Gasteiger charge is -2.24. The Morgan fingerprint density at radius 2 is 2.25 bits per heavy atom. The van der Waals surface area contributed by atoms with E-state index in [0.29, 0.717) is 11.5 Å². The normalized spacial score (nSPS) is 20.2. The largest absolute Gasteiger partial charge is 0.493 e. The molecular formula is C14H18O5S. The van der Waals surface area contributed by atoms with Crippen LogP contribution in [-0.4, -0.2) is 40.9 Å². The zero-order valence-corrected chi connectivity index (χ0v) is 12.1. The Kier molecular flexibility index (Phi) is 5.14. The van der Waals surface area contributed by atoms with E-state index in [2.05, 4.69) is 0 Å². The van der Waals surface area contributed by atoms with Gasteiger partial charge < -0.3 is 19.7 Å². The van der Waals surface area contributed by atoms with Crippen molar-refractivity contribution in [2.75, 3.05) is 18.6 Å². The third-order valence-electron chi connectivity index (χ3n) is 3.15. The monoisotopic (exact) mass is 298 g/mol. The Labute approximate surface area is 121 Å². The van der Waals surface area contributed by atoms with Gasteiger partial charge in [-0.2, -0.15) is 11.8 Å². The van der Waals surface area contributed by atoms with Crippen LogP contribution in [0.3, 0.4) is 0 Å². The minimum atomic E-state index is -1.55. The summed E-state index contributed by atoms with van der Waals surface area (Å²) in [5, 5.41) is 18.3. The number of methoxy groups -OCH3 is 1. The zero-order chi connectivity index (χ0) is 14.5. The first-order valence-electron chi connectivity index (χ1n) is 6.45. The molecule has 110 valence electrons. The first-order chi connectivity index (χ1) is 9.61. The summed E-state index contributed by atoms with van der Waals surface area (Å²) in [5.74, 6) is 1.85. The average Bonchev–Trinajstić information content (AvgIpc) is 2.48. The van der Waals surface area contributed by atoms with Crippen LogP contribution in [-0.2, 0) is 4.79 Å². The summed E-state index contributed by atoms with van der Waals surface area (Å²) >= 11 is 1.86. The number of rotatable bonds is 5. The molecular weight excluding hydrogens is 280 g/mol. The molecule has 1 aromatic rings. The highest BCUT2D eigenvalue weighted by atomic mass is 32.2. The molecule has 0 spiro atoms. The number of thioether (sulfide) groups is 1. The minimum Gasteiger partial charge on any atom is -0.493 e. The van der Waals surface area contributed by atoms with E-state index in [4.69, 9.17) is 14.6 Å². The molecule has 0 aromatic heterocycles. The van der Waals surface area contributed by atoms with Crippen molar-refractivity contribution < 1.29 is 24.5 Å². The van der Waals surface area contributed by atoms with Crippen LogP contribution < -0.4 is 9.47 Å². The van der Waals surface area contributed by atoms with Gasteiger partial charge in [-0.15, -0.1) is 0 Å². The summed E-state index contributed by atoms with van der Waals surface area (Å²) in [5.41, 5.74) is 0.278. The first kappa shape index (κ1) is 15.0. The molecule has 0 radical (unpaired) electrons. The molecule has 1 aliphatic rings. The summed E-state index contributed by atoms with van der Waals surface area (Å²) in [6.07, 6.45) is 0.740. The fourth-order valence-corrected chi connectivity index (χ4v) is 3.11. The lowest BCUT2D eigenvalue weighted by Crippen LogP contribution is -2.23. The van der Waals surface area contributed by atoms with E-state index in [1.807, 2.05) is 11.8 Å². The maximum atomic E-state index is 10.8. The van der Waals surface area contributed by atoms with E-state index in [-0.39, 0.29) is 11.7 Å². The minimum absolute atomic E-state index is 0.151. The van der Waals surface area contributed by atoms with E-state index in [1.54, 1.807) is 12.1 Å². The first-order valence-corrected chi connectivity index (χ1v) is 7.60. The molecule has 2 N–H and O–H groups in total. The van der Waals surface area contributed by atoms with Crippen LogP contribution in [0.15, 0.2) is 18.2 Å². The van der Waals surface area contributed by atoms with E-state index < -0.39 is 12.1 Å². The number of hydrogen-bond acceptors (Lipinski definition) is 5. The number of aliphatic hydroxyl groups excluding tert-OH is 1. The van der Waals surface area contributed by atoms with Crippen molar-refractivity contribution in [3.63, 3.8) is 0 Å². The number of aliphatic carboxylic acids is 1. The molecule has 1 aliphatic heterocycles. The maximum Gasteiger partial charge on any atom is 0.337 e. The Morgan fingerprint density at radius 1 is 1.45 bits per heavy atom. The number of aliphatic hydroxyl groups is 1. The summed E-state index contributed by atoms with van der Waals surface area (Å²) in [6, 6.07) is 4.70. The number of benzene rings is 1. The SMILES string of the molecule is COc1cc(C(O)C(=O)O)ccc1OC1CCCSC1. The van der Waals surface area contributed by atoms with E-state index in [0.717, 1.165) is 18.6 Å². The highest BCUT2D eigenvalue weighted by Gasteiger charge is 2.20. The van der Waals surface area contributed by atoms with E-state index >= 15 is 0 Å². The maximum absolute atomic E-state index is 10.8. The average molecular weight is 298 g/mol. The van der Waals surface area contributed by atoms with E-state index in [1.165, 1.54) is 18.9 Å². The Hall–Kier alpha value is -1.40. The molecule has 1 fully saturated rings. The van der Waals surface area contributed by atoms with Gasteiger partial charge >= 0.3 is 5.97 Å². The van der Waals surface area contributed by atoms with Gasteiger partial charge in [-0.1, -0.05) is 6.07 Å². The van der Waals surface area contributed by atoms with Crippen molar-refractivity contribution >= 4 is 17.7 Å². The van der Waals surface area contributed by atoms with Crippen LogP contribution in [0.1, 0.15) is 24.5 Å². The van der Waals surface area contributed by atoms with Crippen molar-refractivity contribution in [3.8, 4) is 11.5 Å². The second-order valence-electron chi connectivity index (χ2n) is 4.61. The summed E-state index contributed by atoms with van der Waals surface area (Å²) in [6.45, 7) is 0. The predicted molar refractivity (Wildman–Crippen MR) is 76.6 cm³/mol. The Bertz CT molecular complexity index is 471. The van der Waals surface area contributed by atoms with Gasteiger partial charge in [0.25, 0.3) is 0 Å². The molecule has 6 heteroatoms. The van der Waals surface area contributed by atoms with Crippen LogP contribution in [0.2, 0.25) is 0 Å². The zero-order valence-electron chi connectivity index (χ0n) is 11.2. The van der Waals surface area contributed by atoms with Gasteiger partial charge in [0.1, 0.15) is 6.10 Å². The second-order valence-corrected chi connectivity index (χ2v) is 5.76. The highest BCUT2D eigenvalue weighted by Crippen LogP contribution is 2.33. The smallest absolute Gasteiger partial charge is 0.337 e. The van der Waals surface area contributed by atoms with Gasteiger partial charge in [-0.05, 0) is 36.3 Å². The Morgan fingerprint density at radius 3 is 2.85 bits per heavy atom. The molecule has 1 heterocycles. The molecule has 0 bridgehead atoms. The number of hydrogen-bond donors (Lipinski definition) is 2. The molecule has 5 nitrogen and oxygen atoms in total. The van der Waals surface area contributed by atoms with Crippen molar-refractivity contribution in [1.82, 2.24) is 0 Å². The molecule has 0 aliphatic carbocycles. The van der Waals surface area contributed by atoms with Crippen molar-refractivity contribution in [1.29, 1.82) is 0 Å². The van der Waals surface area contributed by atoms with Crippen molar-refractivity contribution in [2.24, 2.45) is 0 Å². The molecule has 2 unspecified atom stereocenters. The molecule has 20 heavy (non-hydrogen) atoms. The molecule has 0 amide bonds. The number of carboxylic acid groups (broad SMARTS) is 1. The fraction of sp³-hybridized carbons (Fsp3) is 0.500. The van der Waals surface area contributed by atoms with Crippen LogP contribution in [0.4, 0.5) is 0 Å². The summed E-state index contributed by atoms with van der Waals surface area (Å²) in [7, 11) is 1.49. The predicted octanol–water partition coefficient (Wildman–Crippen LogP) is 2.09. The van der Waals surface area contributed by atoms with E-state index in [9.17, 15) is 9.90 Å². The lowest BCUT2D eigenvalue weighted by molar-refractivity contribution is -0.146. The lowest BCUT2D eigenvalue weighted by atomic mass is 10.1. The molecule has 2 atom stereocenters. The second kappa shape index (κ2) is 6.85. The third kappa shape index (κ3) is 3.58. The van der Waals surface area contributed by atoms with Gasteiger partial charge in [0, 0.05) is 5.75 Å². The molecule has 2 rings (SSSR count). The number of carbonyl (C=O) groups is 1. The van der Waals surface area contributed by atoms with Crippen molar-refractivity contribution in [2.45, 2.75) is 25.0 Å². The highest BCUT2D eigenvalue weighted by molar-refractivity contribution is 7.99. The van der Waals surface area contributed by atoms with Crippen LogP contribution >= 0.6 is 11.8 Å². The van der Waals surface area contributed by atoms with Crippen molar-refractivity contribution in [3.05, 3.63) is 23.8 Å². The number of carboxylic acids is 1. The summed E-state index contributed by atoms with van der Waals surface area (Å²) < 4.78 is 11.1. The number of ether oxygens (including phenoxy) is 2. The third-order valence-corrected chi connectivity index (χ3v) is 4.33. The quantitative estimate of drug-likeness (QED) is 0.867. The van der Waals surface area contributed by atoms with Crippen LogP contribution in [0.5, 0.6) is 11.5 Å². The van der Waals surface area contributed by atoms with Crippen LogP contribution in [0, 0.1) is 0 Å². The topological polar surface area (TPSA) is 76.0 Å². The van der Waals surface area contributed by atoms with Crippen LogP contribution in [0.25, 0.3) is 0 Å². The van der Waals surface area contributed by atoms with Gasteiger partial charge in [0.05, 0.1) is 7.11 Å². The molecule has 1 aromatic carbocycles. The van der Waals surface area contributed by atoms with Gasteiger partial charge in [0.2, 0.25) is 0 Å².